The van der Waals surface area contributed by atoms with Gasteiger partial charge in [0, 0.05) is 13.1 Å². The summed E-state index contributed by atoms with van der Waals surface area (Å²) >= 11 is 3.44. The maximum Gasteiger partial charge on any atom is 0.148 e. The Bertz CT molecular complexity index is 355. The molecule has 1 atom stereocenters. The van der Waals surface area contributed by atoms with Crippen molar-refractivity contribution >= 4 is 27.6 Å². The maximum atomic E-state index is 5.74. The van der Waals surface area contributed by atoms with Crippen LogP contribution < -0.4 is 10.6 Å². The van der Waals surface area contributed by atoms with Crippen molar-refractivity contribution in [2.75, 3.05) is 23.7 Å². The topological polar surface area (TPSA) is 55.0 Å². The molecule has 15 heavy (non-hydrogen) atoms. The zero-order chi connectivity index (χ0) is 10.8. The first-order chi connectivity index (χ1) is 7.18. The Balaban J connectivity index is 2.24. The normalized spacial score (nSPS) is 21.7. The number of hydrogen-bond acceptors (Lipinski definition) is 4. The van der Waals surface area contributed by atoms with E-state index in [4.69, 9.17) is 5.73 Å². The van der Waals surface area contributed by atoms with Crippen LogP contribution in [0, 0.1) is 5.92 Å². The Morgan fingerprint density at radius 2 is 2.33 bits per heavy atom. The molecule has 2 heterocycles. The summed E-state index contributed by atoms with van der Waals surface area (Å²) in [5, 5.41) is 0. The van der Waals surface area contributed by atoms with Crippen LogP contribution in [-0.2, 0) is 0 Å². The number of hydrogen-bond donors (Lipinski definition) is 1. The molecule has 2 rings (SSSR count). The molecule has 0 spiro atoms. The minimum Gasteiger partial charge on any atom is -0.383 e. The van der Waals surface area contributed by atoms with Crippen molar-refractivity contribution in [2.45, 2.75) is 19.8 Å². The van der Waals surface area contributed by atoms with Gasteiger partial charge in [0.05, 0.1) is 0 Å². The van der Waals surface area contributed by atoms with Crippen molar-refractivity contribution in [2.24, 2.45) is 5.92 Å². The molecule has 0 radical (unpaired) electrons. The zero-order valence-electron chi connectivity index (χ0n) is 8.78. The third kappa shape index (κ3) is 2.22. The molecule has 0 saturated carbocycles. The molecule has 82 valence electrons. The smallest absolute Gasteiger partial charge is 0.148 e. The van der Waals surface area contributed by atoms with Crippen LogP contribution in [0.15, 0.2) is 10.8 Å². The lowest BCUT2D eigenvalue weighted by molar-refractivity contribution is 0.444. The third-order valence-electron chi connectivity index (χ3n) is 2.75. The van der Waals surface area contributed by atoms with E-state index in [2.05, 4.69) is 37.7 Å². The molecular weight excluding hydrogens is 256 g/mol. The summed E-state index contributed by atoms with van der Waals surface area (Å²) in [4.78, 5) is 10.5. The number of halogens is 1. The number of nitrogens with zero attached hydrogens (tertiary/aromatic N) is 3. The lowest BCUT2D eigenvalue weighted by Crippen LogP contribution is -2.35. The Morgan fingerprint density at radius 1 is 1.53 bits per heavy atom. The maximum absolute atomic E-state index is 5.74. The van der Waals surface area contributed by atoms with Crippen molar-refractivity contribution in [1.29, 1.82) is 0 Å². The highest BCUT2D eigenvalue weighted by Crippen LogP contribution is 2.30. The van der Waals surface area contributed by atoms with E-state index in [0.717, 1.165) is 29.3 Å². The number of anilines is 2. The Labute approximate surface area is 98.0 Å². The molecule has 1 aromatic heterocycles. The van der Waals surface area contributed by atoms with Gasteiger partial charge in [-0.15, -0.1) is 0 Å². The van der Waals surface area contributed by atoms with Gasteiger partial charge in [-0.1, -0.05) is 6.92 Å². The van der Waals surface area contributed by atoms with Crippen LogP contribution in [0.2, 0.25) is 0 Å². The quantitative estimate of drug-likeness (QED) is 0.849. The fraction of sp³-hybridized carbons (Fsp3) is 0.600. The molecule has 5 heteroatoms. The van der Waals surface area contributed by atoms with E-state index in [1.807, 2.05) is 0 Å². The average molecular weight is 271 g/mol. The van der Waals surface area contributed by atoms with Gasteiger partial charge in [-0.2, -0.15) is 0 Å². The summed E-state index contributed by atoms with van der Waals surface area (Å²) in [5.41, 5.74) is 5.74. The molecule has 1 aliphatic rings. The van der Waals surface area contributed by atoms with Crippen LogP contribution in [0.4, 0.5) is 11.6 Å². The molecule has 1 aromatic rings. The molecule has 0 amide bonds. The van der Waals surface area contributed by atoms with Gasteiger partial charge in [0.1, 0.15) is 22.4 Å². The first-order valence-corrected chi connectivity index (χ1v) is 5.98. The van der Waals surface area contributed by atoms with Crippen LogP contribution in [0.1, 0.15) is 19.8 Å². The van der Waals surface area contributed by atoms with Crippen LogP contribution in [-0.4, -0.2) is 23.1 Å². The van der Waals surface area contributed by atoms with Gasteiger partial charge in [0.2, 0.25) is 0 Å². The largest absolute Gasteiger partial charge is 0.383 e. The SMILES string of the molecule is CC1CCCN(c2ncnc(N)c2Br)C1. The van der Waals surface area contributed by atoms with Gasteiger partial charge in [-0.05, 0) is 34.7 Å². The number of piperidine rings is 1. The summed E-state index contributed by atoms with van der Waals surface area (Å²) in [5.74, 6) is 2.16. The second-order valence-electron chi connectivity index (χ2n) is 4.09. The second-order valence-corrected chi connectivity index (χ2v) is 4.88. The molecular formula is C10H15BrN4. The molecule has 0 bridgehead atoms. The molecule has 0 aliphatic carbocycles. The van der Waals surface area contributed by atoms with E-state index in [-0.39, 0.29) is 0 Å². The summed E-state index contributed by atoms with van der Waals surface area (Å²) in [6, 6.07) is 0. The van der Waals surface area contributed by atoms with E-state index in [9.17, 15) is 0 Å². The van der Waals surface area contributed by atoms with Crippen molar-refractivity contribution in [3.63, 3.8) is 0 Å². The standard InChI is InChI=1S/C10H15BrN4/c1-7-3-2-4-15(5-7)10-8(11)9(12)13-6-14-10/h6-7H,2-5H2,1H3,(H2,12,13,14). The predicted molar refractivity (Wildman–Crippen MR) is 64.8 cm³/mol. The van der Waals surface area contributed by atoms with Crippen LogP contribution in [0.3, 0.4) is 0 Å². The monoisotopic (exact) mass is 270 g/mol. The Morgan fingerprint density at radius 3 is 3.07 bits per heavy atom. The zero-order valence-corrected chi connectivity index (χ0v) is 10.4. The van der Waals surface area contributed by atoms with E-state index in [1.54, 1.807) is 0 Å². The molecule has 1 aliphatic heterocycles. The van der Waals surface area contributed by atoms with Gasteiger partial charge in [-0.25, -0.2) is 9.97 Å². The van der Waals surface area contributed by atoms with E-state index in [0.29, 0.717) is 5.82 Å². The van der Waals surface area contributed by atoms with Crippen LogP contribution >= 0.6 is 15.9 Å². The van der Waals surface area contributed by atoms with Gasteiger partial charge in [0.15, 0.2) is 0 Å². The molecule has 1 unspecified atom stereocenters. The summed E-state index contributed by atoms with van der Waals surface area (Å²) in [6.07, 6.45) is 4.04. The Hall–Kier alpha value is -0.840. The van der Waals surface area contributed by atoms with Crippen molar-refractivity contribution in [1.82, 2.24) is 9.97 Å². The van der Waals surface area contributed by atoms with Gasteiger partial charge >= 0.3 is 0 Å². The summed E-state index contributed by atoms with van der Waals surface area (Å²) in [6.45, 7) is 4.37. The highest BCUT2D eigenvalue weighted by Gasteiger charge is 2.20. The van der Waals surface area contributed by atoms with E-state index < -0.39 is 0 Å². The predicted octanol–water partition coefficient (Wildman–Crippen LogP) is 2.06. The minimum absolute atomic E-state index is 0.512. The lowest BCUT2D eigenvalue weighted by Gasteiger charge is -2.32. The summed E-state index contributed by atoms with van der Waals surface area (Å²) in [7, 11) is 0. The fourth-order valence-electron chi connectivity index (χ4n) is 1.98. The highest BCUT2D eigenvalue weighted by molar-refractivity contribution is 9.10. The molecule has 2 N–H and O–H groups in total. The Kier molecular flexibility index (Phi) is 3.09. The van der Waals surface area contributed by atoms with Gasteiger partial charge < -0.3 is 10.6 Å². The van der Waals surface area contributed by atoms with Gasteiger partial charge in [-0.3, -0.25) is 0 Å². The van der Waals surface area contributed by atoms with Crippen molar-refractivity contribution in [3.05, 3.63) is 10.8 Å². The molecule has 1 saturated heterocycles. The second kappa shape index (κ2) is 4.35. The van der Waals surface area contributed by atoms with Crippen molar-refractivity contribution < 1.29 is 0 Å². The first kappa shape index (κ1) is 10.7. The lowest BCUT2D eigenvalue weighted by atomic mass is 10.0. The number of nitrogens with two attached hydrogens (primary N) is 1. The van der Waals surface area contributed by atoms with Crippen molar-refractivity contribution in [3.8, 4) is 0 Å². The van der Waals surface area contributed by atoms with Crippen LogP contribution in [0.5, 0.6) is 0 Å². The number of nitrogen functional groups attached to an aromatic ring is 1. The van der Waals surface area contributed by atoms with E-state index in [1.165, 1.54) is 19.2 Å². The number of rotatable bonds is 1. The third-order valence-corrected chi connectivity index (χ3v) is 3.52. The van der Waals surface area contributed by atoms with Crippen LogP contribution in [0.25, 0.3) is 0 Å². The molecule has 1 fully saturated rings. The molecule has 0 aromatic carbocycles. The fourth-order valence-corrected chi connectivity index (χ4v) is 2.43. The van der Waals surface area contributed by atoms with Gasteiger partial charge in [0.25, 0.3) is 0 Å². The molecule has 4 nitrogen and oxygen atoms in total. The first-order valence-electron chi connectivity index (χ1n) is 5.19. The highest BCUT2D eigenvalue weighted by atomic mass is 79.9. The van der Waals surface area contributed by atoms with E-state index >= 15 is 0 Å². The minimum atomic E-state index is 0.512. The number of aromatic nitrogens is 2. The average Bonchev–Trinajstić information content (AvgIpc) is 2.22. The summed E-state index contributed by atoms with van der Waals surface area (Å²) < 4.78 is 0.819.